The van der Waals surface area contributed by atoms with Gasteiger partial charge in [-0.15, -0.1) is 0 Å². The lowest BCUT2D eigenvalue weighted by Gasteiger charge is -2.38. The number of allylic oxidation sites excluding steroid dienone is 1. The summed E-state index contributed by atoms with van der Waals surface area (Å²) >= 11 is 0. The molecule has 3 heteroatoms. The quantitative estimate of drug-likeness (QED) is 0.326. The number of rotatable bonds is 5. The van der Waals surface area contributed by atoms with Crippen LogP contribution in [0.25, 0.3) is 33.7 Å². The predicted molar refractivity (Wildman–Crippen MR) is 144 cm³/mol. The molecule has 3 nitrogen and oxygen atoms in total. The predicted octanol–water partition coefficient (Wildman–Crippen LogP) is 8.14. The summed E-state index contributed by atoms with van der Waals surface area (Å²) in [5, 5.41) is 11.0. The molecule has 0 bridgehead atoms. The van der Waals surface area contributed by atoms with Crippen LogP contribution >= 0.6 is 0 Å². The molecule has 1 N–H and O–H groups in total. The van der Waals surface area contributed by atoms with Gasteiger partial charge in [-0.25, -0.2) is 9.78 Å². The van der Waals surface area contributed by atoms with Gasteiger partial charge in [-0.3, -0.25) is 0 Å². The summed E-state index contributed by atoms with van der Waals surface area (Å²) in [6.07, 6.45) is 4.87. The highest BCUT2D eigenvalue weighted by atomic mass is 16.4. The Morgan fingerprint density at radius 2 is 1.60 bits per heavy atom. The molecule has 0 fully saturated rings. The number of carbonyl (C=O) groups is 1. The second kappa shape index (κ2) is 9.14. The molecule has 0 saturated heterocycles. The van der Waals surface area contributed by atoms with E-state index >= 15 is 0 Å². The van der Waals surface area contributed by atoms with Crippen LogP contribution in [0, 0.1) is 11.3 Å². The fourth-order valence-electron chi connectivity index (χ4n) is 5.21. The average Bonchev–Trinajstić information content (AvgIpc) is 2.88. The number of para-hydroxylation sites is 1. The van der Waals surface area contributed by atoms with E-state index < -0.39 is 5.97 Å². The van der Waals surface area contributed by atoms with Crippen molar-refractivity contribution in [3.63, 3.8) is 0 Å². The van der Waals surface area contributed by atoms with Crippen molar-refractivity contribution < 1.29 is 9.90 Å². The van der Waals surface area contributed by atoms with E-state index in [0.717, 1.165) is 52.6 Å². The Hall–Kier alpha value is -3.72. The van der Waals surface area contributed by atoms with Crippen LogP contribution < -0.4 is 0 Å². The van der Waals surface area contributed by atoms with Crippen LogP contribution in [0.5, 0.6) is 0 Å². The summed E-state index contributed by atoms with van der Waals surface area (Å²) in [6.45, 7) is 6.81. The van der Waals surface area contributed by atoms with Crippen molar-refractivity contribution in [1.82, 2.24) is 4.98 Å². The molecular weight excluding hydrogens is 430 g/mol. The Bertz CT molecular complexity index is 1420. The number of aromatic nitrogens is 1. The van der Waals surface area contributed by atoms with E-state index in [4.69, 9.17) is 4.98 Å². The number of carboxylic acid groups (broad SMARTS) is 1. The minimum Gasteiger partial charge on any atom is -0.478 e. The van der Waals surface area contributed by atoms with Gasteiger partial charge in [-0.2, -0.15) is 0 Å². The van der Waals surface area contributed by atoms with Crippen LogP contribution in [0.1, 0.15) is 60.8 Å². The van der Waals surface area contributed by atoms with E-state index in [2.05, 4.69) is 75.4 Å². The number of aromatic carboxylic acids is 1. The van der Waals surface area contributed by atoms with Gasteiger partial charge in [0.2, 0.25) is 0 Å². The van der Waals surface area contributed by atoms with E-state index in [9.17, 15) is 9.90 Å². The zero-order valence-electron chi connectivity index (χ0n) is 20.6. The van der Waals surface area contributed by atoms with Crippen LogP contribution in [-0.2, 0) is 6.42 Å². The first-order valence-corrected chi connectivity index (χ1v) is 12.4. The molecule has 0 amide bonds. The second-order valence-corrected chi connectivity index (χ2v) is 10.2. The first kappa shape index (κ1) is 23.0. The molecule has 0 saturated carbocycles. The molecule has 176 valence electrons. The standard InChI is InChI=1S/C32H31NO2/c1-4-32(2,3)25-19-24(18-21-14-16-23(17-15-21)22-10-6-5-7-11-22)30-27(20-25)29(31(34)35)26-12-8-9-13-28(26)33-30/h5-18,25H,4,19-20H2,1-3H3,(H,34,35). The Morgan fingerprint density at radius 3 is 2.29 bits per heavy atom. The smallest absolute Gasteiger partial charge is 0.336 e. The van der Waals surface area contributed by atoms with Gasteiger partial charge in [0.25, 0.3) is 0 Å². The van der Waals surface area contributed by atoms with Crippen molar-refractivity contribution in [2.24, 2.45) is 11.3 Å². The maximum atomic E-state index is 12.5. The van der Waals surface area contributed by atoms with Crippen molar-refractivity contribution >= 4 is 28.5 Å². The number of nitrogens with zero attached hydrogens (tertiary/aromatic N) is 1. The molecule has 0 radical (unpaired) electrons. The third-order valence-electron chi connectivity index (χ3n) is 7.80. The lowest BCUT2D eigenvalue weighted by Crippen LogP contribution is -2.30. The van der Waals surface area contributed by atoms with E-state index in [1.165, 1.54) is 11.1 Å². The first-order valence-electron chi connectivity index (χ1n) is 12.4. The first-order chi connectivity index (χ1) is 16.9. The fourth-order valence-corrected chi connectivity index (χ4v) is 5.21. The molecule has 5 rings (SSSR count). The summed E-state index contributed by atoms with van der Waals surface area (Å²) in [7, 11) is 0. The van der Waals surface area contributed by atoms with Crippen LogP contribution in [0.4, 0.5) is 0 Å². The zero-order valence-corrected chi connectivity index (χ0v) is 20.6. The minimum absolute atomic E-state index is 0.0926. The third-order valence-corrected chi connectivity index (χ3v) is 7.80. The molecule has 1 aliphatic rings. The van der Waals surface area contributed by atoms with Gasteiger partial charge < -0.3 is 5.11 Å². The number of carboxylic acids is 1. The Labute approximate surface area is 207 Å². The largest absolute Gasteiger partial charge is 0.478 e. The number of fused-ring (bicyclic) bond motifs is 2. The van der Waals surface area contributed by atoms with Gasteiger partial charge in [0.15, 0.2) is 0 Å². The van der Waals surface area contributed by atoms with Gasteiger partial charge in [-0.05, 0) is 64.1 Å². The van der Waals surface area contributed by atoms with E-state index in [1.54, 1.807) is 0 Å². The lowest BCUT2D eigenvalue weighted by atomic mass is 9.67. The van der Waals surface area contributed by atoms with Crippen molar-refractivity contribution in [3.8, 4) is 11.1 Å². The van der Waals surface area contributed by atoms with E-state index in [-0.39, 0.29) is 5.41 Å². The summed E-state index contributed by atoms with van der Waals surface area (Å²) < 4.78 is 0. The summed E-state index contributed by atoms with van der Waals surface area (Å²) in [5.74, 6) is -0.530. The molecule has 1 aliphatic carbocycles. The summed E-state index contributed by atoms with van der Waals surface area (Å²) in [4.78, 5) is 17.5. The van der Waals surface area contributed by atoms with Crippen LogP contribution in [-0.4, -0.2) is 16.1 Å². The molecule has 4 aromatic rings. The topological polar surface area (TPSA) is 50.2 Å². The number of benzene rings is 3. The highest BCUT2D eigenvalue weighted by molar-refractivity contribution is 6.06. The maximum Gasteiger partial charge on any atom is 0.336 e. The third kappa shape index (κ3) is 4.39. The second-order valence-electron chi connectivity index (χ2n) is 10.2. The maximum absolute atomic E-state index is 12.5. The molecule has 1 atom stereocenters. The molecule has 3 aromatic carbocycles. The summed E-state index contributed by atoms with van der Waals surface area (Å²) in [5.41, 5.74) is 7.56. The minimum atomic E-state index is -0.874. The Morgan fingerprint density at radius 1 is 0.943 bits per heavy atom. The van der Waals surface area contributed by atoms with E-state index in [1.807, 2.05) is 30.3 Å². The molecule has 1 unspecified atom stereocenters. The van der Waals surface area contributed by atoms with Gasteiger partial charge >= 0.3 is 5.97 Å². The number of pyridine rings is 1. The van der Waals surface area contributed by atoms with Gasteiger partial charge in [-0.1, -0.05) is 100.0 Å². The lowest BCUT2D eigenvalue weighted by molar-refractivity contribution is 0.0696. The SMILES string of the molecule is CCC(C)(C)C1CC(=Cc2ccc(-c3ccccc3)cc2)c2nc3ccccc3c(C(=O)O)c2C1. The van der Waals surface area contributed by atoms with Crippen molar-refractivity contribution in [2.75, 3.05) is 0 Å². The summed E-state index contributed by atoms with van der Waals surface area (Å²) in [6, 6.07) is 26.5. The Kier molecular flexibility index (Phi) is 6.02. The van der Waals surface area contributed by atoms with Gasteiger partial charge in [0.1, 0.15) is 0 Å². The van der Waals surface area contributed by atoms with Crippen molar-refractivity contribution in [1.29, 1.82) is 0 Å². The van der Waals surface area contributed by atoms with E-state index in [0.29, 0.717) is 11.5 Å². The van der Waals surface area contributed by atoms with Gasteiger partial charge in [0, 0.05) is 5.39 Å². The molecule has 0 aliphatic heterocycles. The molecule has 35 heavy (non-hydrogen) atoms. The normalized spacial score (nSPS) is 16.9. The molecule has 1 heterocycles. The highest BCUT2D eigenvalue weighted by Crippen LogP contribution is 2.46. The molecular formula is C32H31NO2. The fraction of sp³-hybridized carbons (Fsp3) is 0.250. The van der Waals surface area contributed by atoms with Gasteiger partial charge in [0.05, 0.1) is 16.8 Å². The van der Waals surface area contributed by atoms with Crippen molar-refractivity contribution in [3.05, 3.63) is 101 Å². The van der Waals surface area contributed by atoms with Crippen LogP contribution in [0.3, 0.4) is 0 Å². The molecule has 0 spiro atoms. The number of hydrogen-bond donors (Lipinski definition) is 1. The monoisotopic (exact) mass is 461 g/mol. The Balaban J connectivity index is 1.66. The highest BCUT2D eigenvalue weighted by Gasteiger charge is 2.36. The van der Waals surface area contributed by atoms with Crippen LogP contribution in [0.2, 0.25) is 0 Å². The van der Waals surface area contributed by atoms with Crippen LogP contribution in [0.15, 0.2) is 78.9 Å². The zero-order chi connectivity index (χ0) is 24.6. The number of hydrogen-bond acceptors (Lipinski definition) is 2. The van der Waals surface area contributed by atoms with Crippen molar-refractivity contribution in [2.45, 2.75) is 40.0 Å². The average molecular weight is 462 g/mol. The molecule has 1 aromatic heterocycles.